The van der Waals surface area contributed by atoms with Crippen molar-refractivity contribution in [2.45, 2.75) is 33.6 Å². The first-order valence-electron chi connectivity index (χ1n) is 9.59. The van der Waals surface area contributed by atoms with Crippen LogP contribution in [0.25, 0.3) is 0 Å². The minimum atomic E-state index is -0.310. The molecule has 5 nitrogen and oxygen atoms in total. The number of aryl methyl sites for hydroxylation is 2. The Morgan fingerprint density at radius 1 is 0.862 bits per heavy atom. The number of aromatic nitrogens is 1. The highest BCUT2D eigenvalue weighted by Crippen LogP contribution is 2.27. The van der Waals surface area contributed by atoms with E-state index in [-0.39, 0.29) is 17.7 Å². The summed E-state index contributed by atoms with van der Waals surface area (Å²) < 4.78 is 0. The van der Waals surface area contributed by atoms with Gasteiger partial charge in [0.05, 0.1) is 11.1 Å². The topological polar surface area (TPSA) is 71.1 Å². The fourth-order valence-electron chi connectivity index (χ4n) is 3.06. The summed E-state index contributed by atoms with van der Waals surface area (Å²) in [5.41, 5.74) is 5.33. The lowest BCUT2D eigenvalue weighted by molar-refractivity contribution is 0.102. The molecule has 0 spiro atoms. The zero-order chi connectivity index (χ0) is 21.0. The number of para-hydroxylation sites is 1. The second kappa shape index (κ2) is 8.69. The first kappa shape index (κ1) is 20.3. The Hall–Kier alpha value is -3.47. The molecule has 29 heavy (non-hydrogen) atoms. The molecule has 0 saturated carbocycles. The van der Waals surface area contributed by atoms with Crippen LogP contribution in [0.1, 0.15) is 57.2 Å². The van der Waals surface area contributed by atoms with Crippen LogP contribution in [0.4, 0.5) is 11.4 Å². The van der Waals surface area contributed by atoms with Gasteiger partial charge in [-0.1, -0.05) is 49.7 Å². The molecule has 1 aromatic heterocycles. The first-order valence-corrected chi connectivity index (χ1v) is 9.59. The van der Waals surface area contributed by atoms with Gasteiger partial charge in [-0.3, -0.25) is 14.6 Å². The molecular formula is C24H25N3O2. The Morgan fingerprint density at radius 2 is 1.48 bits per heavy atom. The Labute approximate surface area is 171 Å². The normalized spacial score (nSPS) is 10.7. The zero-order valence-electron chi connectivity index (χ0n) is 17.1. The Morgan fingerprint density at radius 3 is 2.10 bits per heavy atom. The van der Waals surface area contributed by atoms with Crippen molar-refractivity contribution in [3.05, 3.63) is 88.7 Å². The van der Waals surface area contributed by atoms with Crippen molar-refractivity contribution in [3.8, 4) is 0 Å². The fraction of sp³-hybridized carbons (Fsp3) is 0.208. The van der Waals surface area contributed by atoms with Gasteiger partial charge >= 0.3 is 0 Å². The molecular weight excluding hydrogens is 362 g/mol. The van der Waals surface area contributed by atoms with Gasteiger partial charge < -0.3 is 10.6 Å². The molecule has 0 unspecified atom stereocenters. The third kappa shape index (κ3) is 4.88. The highest BCUT2D eigenvalue weighted by Gasteiger charge is 2.15. The van der Waals surface area contributed by atoms with Gasteiger partial charge in [-0.2, -0.15) is 0 Å². The van der Waals surface area contributed by atoms with Crippen LogP contribution in [0.5, 0.6) is 0 Å². The van der Waals surface area contributed by atoms with Gasteiger partial charge in [0.15, 0.2) is 0 Å². The van der Waals surface area contributed by atoms with Crippen LogP contribution in [-0.2, 0) is 0 Å². The maximum absolute atomic E-state index is 12.8. The molecule has 0 aliphatic rings. The average molecular weight is 387 g/mol. The number of carbonyl (C=O) groups excluding carboxylic acids is 2. The molecule has 1 heterocycles. The van der Waals surface area contributed by atoms with Crippen LogP contribution in [0.3, 0.4) is 0 Å². The van der Waals surface area contributed by atoms with Crippen molar-refractivity contribution < 1.29 is 9.59 Å². The van der Waals surface area contributed by atoms with E-state index < -0.39 is 0 Å². The minimum absolute atomic E-state index is 0.273. The highest BCUT2D eigenvalue weighted by molar-refractivity contribution is 6.08. The van der Waals surface area contributed by atoms with Crippen LogP contribution in [-0.4, -0.2) is 16.8 Å². The number of nitrogens with one attached hydrogen (secondary N) is 2. The summed E-state index contributed by atoms with van der Waals surface area (Å²) >= 11 is 0. The molecule has 0 saturated heterocycles. The number of hydrogen-bond donors (Lipinski definition) is 2. The number of amides is 2. The van der Waals surface area contributed by atoms with Gasteiger partial charge in [0.1, 0.15) is 0 Å². The predicted molar refractivity (Wildman–Crippen MR) is 117 cm³/mol. The second-order valence-corrected chi connectivity index (χ2v) is 7.43. The number of anilines is 2. The van der Waals surface area contributed by atoms with Crippen molar-refractivity contribution in [1.82, 2.24) is 4.98 Å². The zero-order valence-corrected chi connectivity index (χ0v) is 17.1. The van der Waals surface area contributed by atoms with Crippen LogP contribution in [0, 0.1) is 13.8 Å². The monoisotopic (exact) mass is 387 g/mol. The lowest BCUT2D eigenvalue weighted by atomic mass is 9.98. The quantitative estimate of drug-likeness (QED) is 0.622. The summed E-state index contributed by atoms with van der Waals surface area (Å²) in [5.74, 6) is -0.330. The van der Waals surface area contributed by atoms with E-state index in [1.807, 2.05) is 56.3 Å². The number of rotatable bonds is 5. The maximum Gasteiger partial charge on any atom is 0.257 e. The summed E-state index contributed by atoms with van der Waals surface area (Å²) in [7, 11) is 0. The van der Waals surface area contributed by atoms with Crippen molar-refractivity contribution in [1.29, 1.82) is 0 Å². The molecule has 148 valence electrons. The molecule has 0 atom stereocenters. The standard InChI is InChI=1S/C24H25N3O2/c1-15(2)21-7-5-6-17(4)22(21)27-24(29)19-12-18(13-25-14-19)23(28)26-20-10-8-16(3)9-11-20/h5-15H,1-4H3,(H,26,28)(H,27,29). The van der Waals surface area contributed by atoms with E-state index in [0.717, 1.165) is 22.4 Å². The molecule has 3 aromatic rings. The number of hydrogen-bond acceptors (Lipinski definition) is 3. The van der Waals surface area contributed by atoms with Crippen LogP contribution < -0.4 is 10.6 Å². The van der Waals surface area contributed by atoms with Crippen molar-refractivity contribution >= 4 is 23.2 Å². The van der Waals surface area contributed by atoms with E-state index in [2.05, 4.69) is 29.5 Å². The van der Waals surface area contributed by atoms with E-state index in [1.54, 1.807) is 6.07 Å². The Balaban J connectivity index is 1.80. The third-order valence-corrected chi connectivity index (χ3v) is 4.74. The SMILES string of the molecule is Cc1ccc(NC(=O)c2cncc(C(=O)Nc3c(C)cccc3C(C)C)c2)cc1. The minimum Gasteiger partial charge on any atom is -0.322 e. The number of pyridine rings is 1. The van der Waals surface area contributed by atoms with Crippen molar-refractivity contribution in [2.24, 2.45) is 0 Å². The average Bonchev–Trinajstić information content (AvgIpc) is 2.71. The van der Waals surface area contributed by atoms with Crippen LogP contribution in [0.15, 0.2) is 60.9 Å². The van der Waals surface area contributed by atoms with E-state index in [9.17, 15) is 9.59 Å². The third-order valence-electron chi connectivity index (χ3n) is 4.74. The van der Waals surface area contributed by atoms with Gasteiger partial charge in [0.25, 0.3) is 11.8 Å². The van der Waals surface area contributed by atoms with Gasteiger partial charge in [-0.25, -0.2) is 0 Å². The molecule has 2 amide bonds. The molecule has 0 bridgehead atoms. The van der Waals surface area contributed by atoms with E-state index >= 15 is 0 Å². The molecule has 0 radical (unpaired) electrons. The van der Waals surface area contributed by atoms with Gasteiger partial charge in [0.2, 0.25) is 0 Å². The van der Waals surface area contributed by atoms with Gasteiger partial charge in [0, 0.05) is 23.8 Å². The number of carbonyl (C=O) groups is 2. The summed E-state index contributed by atoms with van der Waals surface area (Å²) in [6.07, 6.45) is 2.92. The largest absolute Gasteiger partial charge is 0.322 e. The van der Waals surface area contributed by atoms with Crippen LogP contribution >= 0.6 is 0 Å². The van der Waals surface area contributed by atoms with Gasteiger partial charge in [-0.15, -0.1) is 0 Å². The summed E-state index contributed by atoms with van der Waals surface area (Å²) in [4.78, 5) is 29.5. The lowest BCUT2D eigenvalue weighted by Gasteiger charge is -2.16. The molecule has 2 aromatic carbocycles. The fourth-order valence-corrected chi connectivity index (χ4v) is 3.06. The van der Waals surface area contributed by atoms with Crippen molar-refractivity contribution in [2.75, 3.05) is 10.6 Å². The van der Waals surface area contributed by atoms with Crippen molar-refractivity contribution in [3.63, 3.8) is 0 Å². The molecule has 3 rings (SSSR count). The predicted octanol–water partition coefficient (Wildman–Crippen LogP) is 5.33. The second-order valence-electron chi connectivity index (χ2n) is 7.43. The molecule has 0 aliphatic heterocycles. The smallest absolute Gasteiger partial charge is 0.257 e. The molecule has 0 aliphatic carbocycles. The highest BCUT2D eigenvalue weighted by atomic mass is 16.2. The van der Waals surface area contributed by atoms with E-state index in [0.29, 0.717) is 16.8 Å². The number of benzene rings is 2. The van der Waals surface area contributed by atoms with Gasteiger partial charge in [-0.05, 0) is 49.1 Å². The Kier molecular flexibility index (Phi) is 6.07. The van der Waals surface area contributed by atoms with Crippen LogP contribution in [0.2, 0.25) is 0 Å². The summed E-state index contributed by atoms with van der Waals surface area (Å²) in [5, 5.41) is 5.81. The van der Waals surface area contributed by atoms with E-state index in [4.69, 9.17) is 0 Å². The number of nitrogens with zero attached hydrogens (tertiary/aromatic N) is 1. The molecule has 5 heteroatoms. The Bertz CT molecular complexity index is 1040. The summed E-state index contributed by atoms with van der Waals surface area (Å²) in [6.45, 7) is 8.12. The van der Waals surface area contributed by atoms with E-state index in [1.165, 1.54) is 12.4 Å². The first-order chi connectivity index (χ1) is 13.8. The lowest BCUT2D eigenvalue weighted by Crippen LogP contribution is -2.17. The molecule has 0 fully saturated rings. The summed E-state index contributed by atoms with van der Waals surface area (Å²) in [6, 6.07) is 15.0. The maximum atomic E-state index is 12.8. The molecule has 2 N–H and O–H groups in total.